The fraction of sp³-hybridized carbons (Fsp3) is 0.444. The number of thioether (sulfide) groups is 1. The summed E-state index contributed by atoms with van der Waals surface area (Å²) in [5.41, 5.74) is 0. The lowest BCUT2D eigenvalue weighted by Crippen LogP contribution is -2.47. The number of piperazine rings is 1. The Labute approximate surface area is 169 Å². The maximum absolute atomic E-state index is 12.7. The summed E-state index contributed by atoms with van der Waals surface area (Å²) in [7, 11) is -1.55. The van der Waals surface area contributed by atoms with Gasteiger partial charge in [0.15, 0.2) is 0 Å². The van der Waals surface area contributed by atoms with Gasteiger partial charge in [-0.25, -0.2) is 13.4 Å². The van der Waals surface area contributed by atoms with Crippen LogP contribution < -0.4 is 5.32 Å². The summed E-state index contributed by atoms with van der Waals surface area (Å²) in [6.07, 6.45) is 2.92. The Kier molecular flexibility index (Phi) is 6.76. The third-order valence-electron chi connectivity index (χ3n) is 4.51. The first-order chi connectivity index (χ1) is 13.4. The number of carbonyl (C=O) groups excluding carboxylic acids is 1. The molecule has 2 aromatic rings. The monoisotopic (exact) mass is 424 g/mol. The second-order valence-corrected chi connectivity index (χ2v) is 9.57. The van der Waals surface area contributed by atoms with Crippen LogP contribution in [0.4, 0.5) is 0 Å². The molecule has 1 unspecified atom stereocenters. The number of rotatable bonds is 7. The highest BCUT2D eigenvalue weighted by molar-refractivity contribution is 7.99. The first-order valence-corrected chi connectivity index (χ1v) is 11.4. The highest BCUT2D eigenvalue weighted by atomic mass is 32.2. The van der Waals surface area contributed by atoms with Gasteiger partial charge in [0, 0.05) is 32.4 Å². The number of pyridine rings is 1. The lowest BCUT2D eigenvalue weighted by atomic mass is 10.2. The predicted molar refractivity (Wildman–Crippen MR) is 106 cm³/mol. The highest BCUT2D eigenvalue weighted by Gasteiger charge is 2.27. The fourth-order valence-electron chi connectivity index (χ4n) is 2.81. The van der Waals surface area contributed by atoms with Gasteiger partial charge in [0.2, 0.25) is 15.9 Å². The van der Waals surface area contributed by atoms with Gasteiger partial charge < -0.3 is 14.6 Å². The summed E-state index contributed by atoms with van der Waals surface area (Å²) >= 11 is 1.25. The molecule has 1 atom stereocenters. The standard InChI is InChI=1S/C18H24N4O4S2/c1-14(16-4-3-11-26-16)20-17(23)13-27-18-6-5-15(12-19-18)28(24,25)22-9-7-21(2)8-10-22/h3-6,11-12,14H,7-10,13H2,1-2H3,(H,20,23). The molecule has 3 rings (SSSR count). The number of likely N-dealkylation sites (N-methyl/N-ethyl adjacent to an activating group) is 1. The number of hydrogen-bond acceptors (Lipinski definition) is 7. The zero-order chi connectivity index (χ0) is 20.1. The van der Waals surface area contributed by atoms with Crippen LogP contribution in [0.3, 0.4) is 0 Å². The number of nitrogens with one attached hydrogen (secondary N) is 1. The van der Waals surface area contributed by atoms with Crippen molar-refractivity contribution in [2.24, 2.45) is 0 Å². The van der Waals surface area contributed by atoms with Gasteiger partial charge in [-0.3, -0.25) is 4.79 Å². The topological polar surface area (TPSA) is 95.8 Å². The third-order valence-corrected chi connectivity index (χ3v) is 7.33. The Morgan fingerprint density at radius 1 is 1.29 bits per heavy atom. The molecule has 0 aliphatic carbocycles. The van der Waals surface area contributed by atoms with Crippen molar-refractivity contribution in [2.75, 3.05) is 39.0 Å². The number of amides is 1. The predicted octanol–water partition coefficient (Wildman–Crippen LogP) is 1.58. The first kappa shape index (κ1) is 20.8. The van der Waals surface area contributed by atoms with E-state index in [1.807, 2.05) is 14.0 Å². The van der Waals surface area contributed by atoms with Gasteiger partial charge in [-0.15, -0.1) is 0 Å². The molecule has 1 aliphatic heterocycles. The smallest absolute Gasteiger partial charge is 0.244 e. The highest BCUT2D eigenvalue weighted by Crippen LogP contribution is 2.21. The molecule has 0 saturated carbocycles. The Balaban J connectivity index is 1.53. The van der Waals surface area contributed by atoms with Crippen molar-refractivity contribution in [1.82, 2.24) is 19.5 Å². The van der Waals surface area contributed by atoms with Crippen LogP contribution in [0.2, 0.25) is 0 Å². The number of hydrogen-bond donors (Lipinski definition) is 1. The second kappa shape index (κ2) is 9.08. The molecule has 1 aliphatic rings. The molecule has 1 amide bonds. The lowest BCUT2D eigenvalue weighted by molar-refractivity contribution is -0.119. The number of sulfonamides is 1. The summed E-state index contributed by atoms with van der Waals surface area (Å²) in [5.74, 6) is 0.725. The van der Waals surface area contributed by atoms with Crippen LogP contribution >= 0.6 is 11.8 Å². The molecule has 10 heteroatoms. The normalized spacial score (nSPS) is 17.4. The quantitative estimate of drug-likeness (QED) is 0.674. The van der Waals surface area contributed by atoms with Crippen LogP contribution in [0.25, 0.3) is 0 Å². The molecular weight excluding hydrogens is 400 g/mol. The summed E-state index contributed by atoms with van der Waals surface area (Å²) in [6, 6.07) is 6.55. The largest absolute Gasteiger partial charge is 0.467 e. The van der Waals surface area contributed by atoms with E-state index in [4.69, 9.17) is 4.42 Å². The van der Waals surface area contributed by atoms with E-state index in [2.05, 4.69) is 15.2 Å². The van der Waals surface area contributed by atoms with E-state index in [1.54, 1.807) is 30.5 Å². The molecule has 1 fully saturated rings. The molecule has 0 spiro atoms. The van der Waals surface area contributed by atoms with E-state index in [9.17, 15) is 13.2 Å². The van der Waals surface area contributed by atoms with Crippen molar-refractivity contribution in [3.05, 3.63) is 42.5 Å². The molecule has 28 heavy (non-hydrogen) atoms. The van der Waals surface area contributed by atoms with E-state index in [0.29, 0.717) is 37.0 Å². The number of furan rings is 1. The van der Waals surface area contributed by atoms with Crippen LogP contribution in [0.1, 0.15) is 18.7 Å². The molecule has 0 aromatic carbocycles. The van der Waals surface area contributed by atoms with Gasteiger partial charge in [-0.1, -0.05) is 11.8 Å². The van der Waals surface area contributed by atoms with Gasteiger partial charge in [-0.05, 0) is 38.2 Å². The Hall–Kier alpha value is -1.88. The van der Waals surface area contributed by atoms with Crippen LogP contribution in [0.5, 0.6) is 0 Å². The molecule has 0 bridgehead atoms. The van der Waals surface area contributed by atoms with Crippen molar-refractivity contribution < 1.29 is 17.6 Å². The number of aromatic nitrogens is 1. The Morgan fingerprint density at radius 2 is 2.04 bits per heavy atom. The molecule has 2 aromatic heterocycles. The Bertz CT molecular complexity index is 877. The van der Waals surface area contributed by atoms with Crippen molar-refractivity contribution in [2.45, 2.75) is 22.9 Å². The SMILES string of the molecule is CC(NC(=O)CSc1ccc(S(=O)(=O)N2CCN(C)CC2)cn1)c1ccco1. The zero-order valence-electron chi connectivity index (χ0n) is 15.9. The minimum Gasteiger partial charge on any atom is -0.467 e. The van der Waals surface area contributed by atoms with Gasteiger partial charge in [0.05, 0.1) is 23.1 Å². The van der Waals surface area contributed by atoms with E-state index in [0.717, 1.165) is 0 Å². The fourth-order valence-corrected chi connectivity index (χ4v) is 4.84. The van der Waals surface area contributed by atoms with E-state index >= 15 is 0 Å². The van der Waals surface area contributed by atoms with Crippen molar-refractivity contribution in [3.63, 3.8) is 0 Å². The molecule has 1 saturated heterocycles. The first-order valence-electron chi connectivity index (χ1n) is 8.96. The van der Waals surface area contributed by atoms with Crippen LogP contribution in [0.15, 0.2) is 51.1 Å². The molecule has 1 N–H and O–H groups in total. The zero-order valence-corrected chi connectivity index (χ0v) is 17.5. The average molecular weight is 425 g/mol. The molecule has 152 valence electrons. The summed E-state index contributed by atoms with van der Waals surface area (Å²) < 4.78 is 32.1. The minimum atomic E-state index is -3.53. The molecule has 3 heterocycles. The second-order valence-electron chi connectivity index (χ2n) is 6.63. The number of carbonyl (C=O) groups is 1. The summed E-state index contributed by atoms with van der Waals surface area (Å²) in [6.45, 7) is 4.22. The lowest BCUT2D eigenvalue weighted by Gasteiger charge is -2.31. The van der Waals surface area contributed by atoms with Gasteiger partial charge in [-0.2, -0.15) is 4.31 Å². The number of nitrogens with zero attached hydrogens (tertiary/aromatic N) is 3. The maximum Gasteiger partial charge on any atom is 0.244 e. The molecule has 8 nitrogen and oxygen atoms in total. The minimum absolute atomic E-state index is 0.148. The van der Waals surface area contributed by atoms with Crippen LogP contribution in [0, 0.1) is 0 Å². The van der Waals surface area contributed by atoms with E-state index < -0.39 is 10.0 Å². The summed E-state index contributed by atoms with van der Waals surface area (Å²) in [4.78, 5) is 18.6. The van der Waals surface area contributed by atoms with Crippen LogP contribution in [-0.4, -0.2) is 67.5 Å². The van der Waals surface area contributed by atoms with E-state index in [-0.39, 0.29) is 22.6 Å². The van der Waals surface area contributed by atoms with Crippen molar-refractivity contribution in [1.29, 1.82) is 0 Å². The average Bonchev–Trinajstić information content (AvgIpc) is 3.22. The maximum atomic E-state index is 12.7. The van der Waals surface area contributed by atoms with Crippen molar-refractivity contribution in [3.8, 4) is 0 Å². The van der Waals surface area contributed by atoms with Gasteiger partial charge in [0.25, 0.3) is 0 Å². The third kappa shape index (κ3) is 5.13. The van der Waals surface area contributed by atoms with E-state index in [1.165, 1.54) is 22.3 Å². The van der Waals surface area contributed by atoms with Crippen molar-refractivity contribution >= 4 is 27.7 Å². The molecule has 0 radical (unpaired) electrons. The van der Waals surface area contributed by atoms with Gasteiger partial charge in [0.1, 0.15) is 10.7 Å². The Morgan fingerprint density at radius 3 is 2.64 bits per heavy atom. The van der Waals surface area contributed by atoms with Gasteiger partial charge >= 0.3 is 0 Å². The summed E-state index contributed by atoms with van der Waals surface area (Å²) in [5, 5.41) is 3.44. The van der Waals surface area contributed by atoms with Crippen LogP contribution in [-0.2, 0) is 14.8 Å². The molecular formula is C18H24N4O4S2.